The summed E-state index contributed by atoms with van der Waals surface area (Å²) in [5.74, 6) is -2.40. The van der Waals surface area contributed by atoms with Crippen LogP contribution in [0.15, 0.2) is 41.8 Å². The minimum Gasteiger partial charge on any atom is -0.454 e. The molecular formula is C18H19FN2O4S. The number of hydrogen-bond acceptors (Lipinski definition) is 5. The first-order chi connectivity index (χ1) is 12.4. The summed E-state index contributed by atoms with van der Waals surface area (Å²) in [5, 5.41) is 6.80. The largest absolute Gasteiger partial charge is 0.454 e. The molecule has 0 aliphatic rings. The first-order valence-corrected chi connectivity index (χ1v) is 8.81. The molecule has 0 saturated carbocycles. The van der Waals surface area contributed by atoms with Gasteiger partial charge in [-0.1, -0.05) is 26.0 Å². The fourth-order valence-electron chi connectivity index (χ4n) is 2.11. The number of hydrogen-bond donors (Lipinski definition) is 2. The lowest BCUT2D eigenvalue weighted by Crippen LogP contribution is -2.45. The Morgan fingerprint density at radius 1 is 1.19 bits per heavy atom. The number of nitrogens with one attached hydrogen (secondary N) is 2. The van der Waals surface area contributed by atoms with Gasteiger partial charge in [-0.3, -0.25) is 9.59 Å². The highest BCUT2D eigenvalue weighted by Crippen LogP contribution is 2.12. The lowest BCUT2D eigenvalue weighted by atomic mass is 10.0. The first kappa shape index (κ1) is 19.6. The monoisotopic (exact) mass is 378 g/mol. The maximum atomic E-state index is 13.1. The van der Waals surface area contributed by atoms with E-state index in [1.165, 1.54) is 29.5 Å². The van der Waals surface area contributed by atoms with Gasteiger partial charge < -0.3 is 15.4 Å². The van der Waals surface area contributed by atoms with Crippen LogP contribution in [0.5, 0.6) is 0 Å². The number of thiophene rings is 1. The van der Waals surface area contributed by atoms with Gasteiger partial charge in [0, 0.05) is 5.69 Å². The van der Waals surface area contributed by atoms with E-state index in [0.29, 0.717) is 4.88 Å². The Morgan fingerprint density at radius 2 is 1.96 bits per heavy atom. The normalized spacial score (nSPS) is 11.7. The Hall–Kier alpha value is -2.74. The molecule has 0 spiro atoms. The Bertz CT molecular complexity index is 777. The number of anilines is 1. The van der Waals surface area contributed by atoms with E-state index in [0.717, 1.165) is 6.07 Å². The molecule has 0 saturated heterocycles. The number of rotatable bonds is 7. The van der Waals surface area contributed by atoms with E-state index in [-0.39, 0.29) is 17.5 Å². The fourth-order valence-corrected chi connectivity index (χ4v) is 2.73. The summed E-state index contributed by atoms with van der Waals surface area (Å²) in [6.45, 7) is 2.98. The van der Waals surface area contributed by atoms with Gasteiger partial charge in [-0.15, -0.1) is 11.3 Å². The fraction of sp³-hybridized carbons (Fsp3) is 0.278. The SMILES string of the molecule is CC(C)[C@@H](NC(=O)c1cccs1)C(=O)OCC(=O)Nc1cccc(F)c1. The lowest BCUT2D eigenvalue weighted by molar-refractivity contribution is -0.150. The molecule has 1 aromatic carbocycles. The van der Waals surface area contributed by atoms with E-state index < -0.39 is 30.3 Å². The number of esters is 1. The Labute approximate surface area is 154 Å². The number of carbonyl (C=O) groups excluding carboxylic acids is 3. The molecule has 0 bridgehead atoms. The predicted octanol–water partition coefficient (Wildman–Crippen LogP) is 2.82. The Balaban J connectivity index is 1.88. The molecule has 0 aliphatic carbocycles. The van der Waals surface area contributed by atoms with Crippen molar-refractivity contribution in [3.05, 3.63) is 52.5 Å². The number of carbonyl (C=O) groups is 3. The van der Waals surface area contributed by atoms with Gasteiger partial charge in [-0.2, -0.15) is 0 Å². The molecule has 1 aromatic heterocycles. The van der Waals surface area contributed by atoms with Crippen molar-refractivity contribution in [3.8, 4) is 0 Å². The van der Waals surface area contributed by atoms with E-state index in [1.54, 1.807) is 31.4 Å². The smallest absolute Gasteiger partial charge is 0.329 e. The van der Waals surface area contributed by atoms with E-state index >= 15 is 0 Å². The van der Waals surface area contributed by atoms with Crippen LogP contribution in [0.3, 0.4) is 0 Å². The van der Waals surface area contributed by atoms with Crippen molar-refractivity contribution in [1.29, 1.82) is 0 Å². The third-order valence-electron chi connectivity index (χ3n) is 3.41. The zero-order valence-corrected chi connectivity index (χ0v) is 15.1. The highest BCUT2D eigenvalue weighted by molar-refractivity contribution is 7.12. The minimum atomic E-state index is -0.883. The van der Waals surface area contributed by atoms with Crippen LogP contribution in [0.2, 0.25) is 0 Å². The summed E-state index contributed by atoms with van der Waals surface area (Å²) in [6, 6.07) is 7.87. The average molecular weight is 378 g/mol. The molecule has 0 unspecified atom stereocenters. The standard InChI is InChI=1S/C18H19FN2O4S/c1-11(2)16(21-17(23)14-7-4-8-26-14)18(24)25-10-15(22)20-13-6-3-5-12(19)9-13/h3-9,11,16H,10H2,1-2H3,(H,20,22)(H,21,23)/t16-/m1/s1. The minimum absolute atomic E-state index is 0.224. The molecule has 0 aliphatic heterocycles. The number of ether oxygens (including phenoxy) is 1. The molecule has 8 heteroatoms. The van der Waals surface area contributed by atoms with Crippen molar-refractivity contribution in [3.63, 3.8) is 0 Å². The molecule has 1 heterocycles. The number of benzene rings is 1. The van der Waals surface area contributed by atoms with Gasteiger partial charge in [0.05, 0.1) is 4.88 Å². The molecule has 0 fully saturated rings. The van der Waals surface area contributed by atoms with E-state index in [4.69, 9.17) is 4.74 Å². The quantitative estimate of drug-likeness (QED) is 0.726. The van der Waals surface area contributed by atoms with Gasteiger partial charge in [0.2, 0.25) is 0 Å². The highest BCUT2D eigenvalue weighted by atomic mass is 32.1. The van der Waals surface area contributed by atoms with Gasteiger partial charge in [0.25, 0.3) is 11.8 Å². The molecule has 2 aromatic rings. The van der Waals surface area contributed by atoms with E-state index in [2.05, 4.69) is 10.6 Å². The molecule has 2 amide bonds. The van der Waals surface area contributed by atoms with Crippen LogP contribution in [0.4, 0.5) is 10.1 Å². The summed E-state index contributed by atoms with van der Waals surface area (Å²) in [4.78, 5) is 36.7. The van der Waals surface area contributed by atoms with Crippen molar-refractivity contribution < 1.29 is 23.5 Å². The lowest BCUT2D eigenvalue weighted by Gasteiger charge is -2.20. The maximum Gasteiger partial charge on any atom is 0.329 e. The maximum absolute atomic E-state index is 13.1. The molecule has 138 valence electrons. The second kappa shape index (κ2) is 9.10. The van der Waals surface area contributed by atoms with E-state index in [9.17, 15) is 18.8 Å². The van der Waals surface area contributed by atoms with Crippen LogP contribution < -0.4 is 10.6 Å². The van der Waals surface area contributed by atoms with Crippen molar-refractivity contribution in [2.45, 2.75) is 19.9 Å². The second-order valence-corrected chi connectivity index (χ2v) is 6.79. The molecule has 2 N–H and O–H groups in total. The van der Waals surface area contributed by atoms with Crippen molar-refractivity contribution >= 4 is 34.8 Å². The van der Waals surface area contributed by atoms with Crippen molar-refractivity contribution in [1.82, 2.24) is 5.32 Å². The van der Waals surface area contributed by atoms with Crippen LogP contribution in [-0.4, -0.2) is 30.4 Å². The van der Waals surface area contributed by atoms with Gasteiger partial charge in [0.1, 0.15) is 11.9 Å². The van der Waals surface area contributed by atoms with Gasteiger partial charge >= 0.3 is 5.97 Å². The Morgan fingerprint density at radius 3 is 2.58 bits per heavy atom. The summed E-state index contributed by atoms with van der Waals surface area (Å²) in [7, 11) is 0. The van der Waals surface area contributed by atoms with Gasteiger partial charge in [-0.05, 0) is 35.6 Å². The third-order valence-corrected chi connectivity index (χ3v) is 4.27. The van der Waals surface area contributed by atoms with Crippen molar-refractivity contribution in [2.75, 3.05) is 11.9 Å². The van der Waals surface area contributed by atoms with E-state index in [1.807, 2.05) is 0 Å². The molecular weight excluding hydrogens is 359 g/mol. The summed E-state index contributed by atoms with van der Waals surface area (Å²) in [5.41, 5.74) is 0.262. The first-order valence-electron chi connectivity index (χ1n) is 7.93. The van der Waals surface area contributed by atoms with Gasteiger partial charge in [-0.25, -0.2) is 9.18 Å². The topological polar surface area (TPSA) is 84.5 Å². The zero-order valence-electron chi connectivity index (χ0n) is 14.3. The predicted molar refractivity (Wildman–Crippen MR) is 96.4 cm³/mol. The molecule has 1 atom stereocenters. The number of halogens is 1. The zero-order chi connectivity index (χ0) is 19.1. The molecule has 6 nitrogen and oxygen atoms in total. The van der Waals surface area contributed by atoms with Crippen LogP contribution in [0.25, 0.3) is 0 Å². The van der Waals surface area contributed by atoms with Crippen molar-refractivity contribution in [2.24, 2.45) is 5.92 Å². The molecule has 0 radical (unpaired) electrons. The summed E-state index contributed by atoms with van der Waals surface area (Å²) < 4.78 is 18.1. The van der Waals surface area contributed by atoms with Gasteiger partial charge in [0.15, 0.2) is 6.61 Å². The average Bonchev–Trinajstić information content (AvgIpc) is 3.12. The second-order valence-electron chi connectivity index (χ2n) is 5.84. The molecule has 26 heavy (non-hydrogen) atoms. The van der Waals surface area contributed by atoms with Crippen LogP contribution >= 0.6 is 11.3 Å². The number of amides is 2. The Kier molecular flexibility index (Phi) is 6.85. The summed E-state index contributed by atoms with van der Waals surface area (Å²) >= 11 is 1.26. The molecule has 2 rings (SSSR count). The third kappa shape index (κ3) is 5.66. The van der Waals surface area contributed by atoms with Crippen LogP contribution in [0, 0.1) is 11.7 Å². The summed E-state index contributed by atoms with van der Waals surface area (Å²) in [6.07, 6.45) is 0. The highest BCUT2D eigenvalue weighted by Gasteiger charge is 2.27. The van der Waals surface area contributed by atoms with Crippen LogP contribution in [0.1, 0.15) is 23.5 Å². The van der Waals surface area contributed by atoms with Crippen LogP contribution in [-0.2, 0) is 14.3 Å².